The SMILES string of the molecule is CCn1c(CC(NN)C2(C)CCCC2)nc2ccccc21. The normalized spacial score (nSPS) is 19.2. The fraction of sp³-hybridized carbons (Fsp3) is 0.588. The van der Waals surface area contributed by atoms with E-state index in [0.717, 1.165) is 24.3 Å². The summed E-state index contributed by atoms with van der Waals surface area (Å²) >= 11 is 0. The molecule has 1 aromatic carbocycles. The number of para-hydroxylation sites is 2. The van der Waals surface area contributed by atoms with Crippen molar-refractivity contribution in [1.29, 1.82) is 0 Å². The predicted molar refractivity (Wildman–Crippen MR) is 86.8 cm³/mol. The van der Waals surface area contributed by atoms with Crippen molar-refractivity contribution in [2.24, 2.45) is 11.3 Å². The van der Waals surface area contributed by atoms with Gasteiger partial charge in [-0.25, -0.2) is 4.98 Å². The summed E-state index contributed by atoms with van der Waals surface area (Å²) in [5.41, 5.74) is 5.68. The Morgan fingerprint density at radius 2 is 2.05 bits per heavy atom. The van der Waals surface area contributed by atoms with E-state index in [1.807, 2.05) is 0 Å². The zero-order chi connectivity index (χ0) is 14.9. The average molecular weight is 286 g/mol. The molecule has 3 rings (SSSR count). The van der Waals surface area contributed by atoms with Crippen LogP contribution in [0, 0.1) is 5.41 Å². The van der Waals surface area contributed by atoms with E-state index in [1.165, 1.54) is 31.2 Å². The molecule has 21 heavy (non-hydrogen) atoms. The topological polar surface area (TPSA) is 55.9 Å². The van der Waals surface area contributed by atoms with Crippen LogP contribution in [0.4, 0.5) is 0 Å². The molecule has 3 N–H and O–H groups in total. The van der Waals surface area contributed by atoms with Crippen molar-refractivity contribution in [3.05, 3.63) is 30.1 Å². The lowest BCUT2D eigenvalue weighted by molar-refractivity contribution is 0.217. The van der Waals surface area contributed by atoms with E-state index in [0.29, 0.717) is 11.5 Å². The monoisotopic (exact) mass is 286 g/mol. The van der Waals surface area contributed by atoms with Gasteiger partial charge in [-0.2, -0.15) is 0 Å². The maximum Gasteiger partial charge on any atom is 0.111 e. The van der Waals surface area contributed by atoms with Crippen molar-refractivity contribution in [2.75, 3.05) is 0 Å². The molecular formula is C17H26N4. The Bertz CT molecular complexity index is 610. The molecule has 1 atom stereocenters. The molecule has 0 spiro atoms. The number of imidazole rings is 1. The van der Waals surface area contributed by atoms with Gasteiger partial charge in [0.2, 0.25) is 0 Å². The minimum absolute atomic E-state index is 0.294. The van der Waals surface area contributed by atoms with Crippen LogP contribution in [0.5, 0.6) is 0 Å². The van der Waals surface area contributed by atoms with Gasteiger partial charge in [0.25, 0.3) is 0 Å². The van der Waals surface area contributed by atoms with Gasteiger partial charge in [0, 0.05) is 19.0 Å². The molecule has 1 aliphatic carbocycles. The van der Waals surface area contributed by atoms with E-state index in [9.17, 15) is 0 Å². The van der Waals surface area contributed by atoms with Crippen LogP contribution < -0.4 is 11.3 Å². The number of nitrogens with zero attached hydrogens (tertiary/aromatic N) is 2. The minimum atomic E-state index is 0.294. The molecule has 1 unspecified atom stereocenters. The molecule has 114 valence electrons. The third-order valence-electron chi connectivity index (χ3n) is 5.22. The Hall–Kier alpha value is -1.39. The molecule has 0 radical (unpaired) electrons. The summed E-state index contributed by atoms with van der Waals surface area (Å²) in [6.07, 6.45) is 6.05. The first-order valence-corrected chi connectivity index (χ1v) is 8.08. The Labute approximate surface area is 126 Å². The van der Waals surface area contributed by atoms with E-state index in [2.05, 4.69) is 48.1 Å². The van der Waals surface area contributed by atoms with Gasteiger partial charge in [-0.1, -0.05) is 31.9 Å². The smallest absolute Gasteiger partial charge is 0.111 e. The fourth-order valence-electron chi connectivity index (χ4n) is 3.85. The van der Waals surface area contributed by atoms with E-state index < -0.39 is 0 Å². The number of hydrogen-bond acceptors (Lipinski definition) is 3. The van der Waals surface area contributed by atoms with Gasteiger partial charge in [0.15, 0.2) is 0 Å². The van der Waals surface area contributed by atoms with Gasteiger partial charge < -0.3 is 4.57 Å². The summed E-state index contributed by atoms with van der Waals surface area (Å²) in [5.74, 6) is 7.03. The summed E-state index contributed by atoms with van der Waals surface area (Å²) in [6, 6.07) is 8.67. The minimum Gasteiger partial charge on any atom is -0.328 e. The molecule has 0 amide bonds. The molecule has 4 nitrogen and oxygen atoms in total. The number of benzene rings is 1. The lowest BCUT2D eigenvalue weighted by Crippen LogP contribution is -2.47. The van der Waals surface area contributed by atoms with Gasteiger partial charge >= 0.3 is 0 Å². The van der Waals surface area contributed by atoms with Gasteiger partial charge in [-0.3, -0.25) is 11.3 Å². The number of rotatable bonds is 5. The molecule has 1 aromatic heterocycles. The first kappa shape index (κ1) is 14.5. The summed E-state index contributed by atoms with van der Waals surface area (Å²) in [5, 5.41) is 0. The molecule has 0 saturated heterocycles. The highest BCUT2D eigenvalue weighted by molar-refractivity contribution is 5.75. The van der Waals surface area contributed by atoms with Crippen molar-refractivity contribution in [1.82, 2.24) is 15.0 Å². The maximum atomic E-state index is 5.88. The largest absolute Gasteiger partial charge is 0.328 e. The van der Waals surface area contributed by atoms with Crippen LogP contribution in [0.2, 0.25) is 0 Å². The number of hydrazine groups is 1. The molecule has 0 bridgehead atoms. The molecule has 1 heterocycles. The van der Waals surface area contributed by atoms with Crippen LogP contribution >= 0.6 is 0 Å². The first-order valence-electron chi connectivity index (χ1n) is 8.08. The fourth-order valence-corrected chi connectivity index (χ4v) is 3.85. The second-order valence-corrected chi connectivity index (χ2v) is 6.55. The maximum absolute atomic E-state index is 5.88. The van der Waals surface area contributed by atoms with Crippen molar-refractivity contribution in [3.8, 4) is 0 Å². The second-order valence-electron chi connectivity index (χ2n) is 6.55. The summed E-state index contributed by atoms with van der Waals surface area (Å²) in [6.45, 7) is 5.49. The van der Waals surface area contributed by atoms with Crippen LogP contribution in [0.15, 0.2) is 24.3 Å². The van der Waals surface area contributed by atoms with E-state index >= 15 is 0 Å². The number of aromatic nitrogens is 2. The summed E-state index contributed by atoms with van der Waals surface area (Å²) < 4.78 is 2.32. The Morgan fingerprint density at radius 3 is 2.71 bits per heavy atom. The van der Waals surface area contributed by atoms with Gasteiger partial charge in [-0.05, 0) is 37.3 Å². The van der Waals surface area contributed by atoms with E-state index in [1.54, 1.807) is 0 Å². The predicted octanol–water partition coefficient (Wildman–Crippen LogP) is 3.01. The van der Waals surface area contributed by atoms with Crippen molar-refractivity contribution in [3.63, 3.8) is 0 Å². The molecule has 4 heteroatoms. The standard InChI is InChI=1S/C17H26N4/c1-3-21-14-9-5-4-8-13(14)19-16(21)12-15(20-18)17(2)10-6-7-11-17/h4-5,8-9,15,20H,3,6-7,10-12,18H2,1-2H3. The highest BCUT2D eigenvalue weighted by Crippen LogP contribution is 2.41. The molecular weight excluding hydrogens is 260 g/mol. The third-order valence-corrected chi connectivity index (χ3v) is 5.22. The number of nitrogens with two attached hydrogens (primary N) is 1. The molecule has 1 aliphatic rings. The van der Waals surface area contributed by atoms with Gasteiger partial charge in [0.05, 0.1) is 11.0 Å². The summed E-state index contributed by atoms with van der Waals surface area (Å²) in [4.78, 5) is 4.84. The number of nitrogens with one attached hydrogen (secondary N) is 1. The Kier molecular flexibility index (Phi) is 4.00. The van der Waals surface area contributed by atoms with E-state index in [-0.39, 0.29) is 0 Å². The van der Waals surface area contributed by atoms with Gasteiger partial charge in [-0.15, -0.1) is 0 Å². The number of fused-ring (bicyclic) bond motifs is 1. The van der Waals surface area contributed by atoms with Crippen LogP contribution in [-0.2, 0) is 13.0 Å². The zero-order valence-corrected chi connectivity index (χ0v) is 13.1. The molecule has 1 saturated carbocycles. The van der Waals surface area contributed by atoms with Crippen LogP contribution in [0.1, 0.15) is 45.4 Å². The quantitative estimate of drug-likeness (QED) is 0.656. The van der Waals surface area contributed by atoms with Crippen molar-refractivity contribution in [2.45, 2.75) is 58.5 Å². The van der Waals surface area contributed by atoms with Gasteiger partial charge in [0.1, 0.15) is 5.82 Å². The van der Waals surface area contributed by atoms with Crippen LogP contribution in [0.3, 0.4) is 0 Å². The molecule has 0 aliphatic heterocycles. The molecule has 2 aromatic rings. The second kappa shape index (κ2) is 5.78. The molecule has 1 fully saturated rings. The lowest BCUT2D eigenvalue weighted by atomic mass is 9.79. The van der Waals surface area contributed by atoms with Crippen molar-refractivity contribution < 1.29 is 0 Å². The zero-order valence-electron chi connectivity index (χ0n) is 13.1. The Morgan fingerprint density at radius 1 is 1.33 bits per heavy atom. The van der Waals surface area contributed by atoms with Crippen LogP contribution in [-0.4, -0.2) is 15.6 Å². The number of aryl methyl sites for hydroxylation is 1. The van der Waals surface area contributed by atoms with Crippen molar-refractivity contribution >= 4 is 11.0 Å². The van der Waals surface area contributed by atoms with E-state index in [4.69, 9.17) is 10.8 Å². The first-order chi connectivity index (χ1) is 10.2. The third kappa shape index (κ3) is 2.58. The average Bonchev–Trinajstić information content (AvgIpc) is 3.08. The number of hydrogen-bond donors (Lipinski definition) is 2. The summed E-state index contributed by atoms with van der Waals surface area (Å²) in [7, 11) is 0. The lowest BCUT2D eigenvalue weighted by Gasteiger charge is -2.33. The highest BCUT2D eigenvalue weighted by atomic mass is 15.2. The highest BCUT2D eigenvalue weighted by Gasteiger charge is 2.37. The van der Waals surface area contributed by atoms with Crippen LogP contribution in [0.25, 0.3) is 11.0 Å². The Balaban J connectivity index is 1.92.